The topological polar surface area (TPSA) is 45.9 Å². The highest BCUT2D eigenvalue weighted by molar-refractivity contribution is 5.72. The summed E-state index contributed by atoms with van der Waals surface area (Å²) in [6.45, 7) is 8.10. The number of benzene rings is 3. The van der Waals surface area contributed by atoms with Gasteiger partial charge in [0.15, 0.2) is 5.65 Å². The first-order valence-corrected chi connectivity index (χ1v) is 12.8. The molecule has 0 N–H and O–H groups in total. The van der Waals surface area contributed by atoms with Gasteiger partial charge in [-0.3, -0.25) is 0 Å². The number of piperazine rings is 1. The molecule has 186 valence electrons. The summed E-state index contributed by atoms with van der Waals surface area (Å²) < 4.78 is 7.44. The smallest absolute Gasteiger partial charge is 0.158 e. The second-order valence-corrected chi connectivity index (χ2v) is 9.66. The first-order chi connectivity index (χ1) is 18.1. The number of ether oxygens (including phenoxy) is 1. The van der Waals surface area contributed by atoms with Gasteiger partial charge < -0.3 is 14.5 Å². The third kappa shape index (κ3) is 4.51. The van der Waals surface area contributed by atoms with Crippen LogP contribution in [0.2, 0.25) is 0 Å². The first-order valence-electron chi connectivity index (χ1n) is 12.8. The Morgan fingerprint density at radius 2 is 1.46 bits per heavy atom. The Morgan fingerprint density at radius 3 is 2.24 bits per heavy atom. The molecule has 0 unspecified atom stereocenters. The quantitative estimate of drug-likeness (QED) is 0.302. The van der Waals surface area contributed by atoms with Crippen LogP contribution in [-0.2, 0) is 0 Å². The summed E-state index contributed by atoms with van der Waals surface area (Å²) in [6, 6.07) is 29.4. The summed E-state index contributed by atoms with van der Waals surface area (Å²) in [7, 11) is 1.69. The molecule has 0 radical (unpaired) electrons. The van der Waals surface area contributed by atoms with Gasteiger partial charge in [0.2, 0.25) is 0 Å². The summed E-state index contributed by atoms with van der Waals surface area (Å²) >= 11 is 0. The van der Waals surface area contributed by atoms with Gasteiger partial charge in [0, 0.05) is 55.1 Å². The zero-order chi connectivity index (χ0) is 25.4. The molecule has 0 spiro atoms. The number of anilines is 2. The minimum Gasteiger partial charge on any atom is -0.497 e. The van der Waals surface area contributed by atoms with Gasteiger partial charge in [0.05, 0.1) is 18.5 Å². The van der Waals surface area contributed by atoms with Gasteiger partial charge in [-0.15, -0.1) is 0 Å². The Bertz CT molecular complexity index is 1550. The average molecular weight is 490 g/mol. The fourth-order valence-corrected chi connectivity index (χ4v) is 5.10. The number of fused-ring (bicyclic) bond motifs is 1. The predicted octanol–water partition coefficient (Wildman–Crippen LogP) is 6.02. The van der Waals surface area contributed by atoms with Crippen LogP contribution in [0, 0.1) is 13.8 Å². The van der Waals surface area contributed by atoms with E-state index in [2.05, 4.69) is 84.3 Å². The van der Waals surface area contributed by atoms with Crippen molar-refractivity contribution >= 4 is 17.2 Å². The van der Waals surface area contributed by atoms with Crippen molar-refractivity contribution in [1.29, 1.82) is 0 Å². The molecular weight excluding hydrogens is 458 g/mol. The number of aryl methyl sites for hydroxylation is 2. The zero-order valence-corrected chi connectivity index (χ0v) is 21.6. The van der Waals surface area contributed by atoms with E-state index in [0.717, 1.165) is 65.9 Å². The van der Waals surface area contributed by atoms with Crippen molar-refractivity contribution < 1.29 is 4.74 Å². The van der Waals surface area contributed by atoms with E-state index in [0.29, 0.717) is 0 Å². The zero-order valence-electron chi connectivity index (χ0n) is 21.6. The molecule has 3 heterocycles. The number of hydrogen-bond donors (Lipinski definition) is 0. The van der Waals surface area contributed by atoms with Crippen LogP contribution in [0.1, 0.15) is 11.1 Å². The highest BCUT2D eigenvalue weighted by atomic mass is 16.5. The maximum atomic E-state index is 5.45. The molecule has 0 amide bonds. The van der Waals surface area contributed by atoms with E-state index in [1.807, 2.05) is 28.8 Å². The highest BCUT2D eigenvalue weighted by Gasteiger charge is 2.23. The molecule has 0 bridgehead atoms. The molecule has 3 aromatic carbocycles. The highest BCUT2D eigenvalue weighted by Crippen LogP contribution is 2.30. The third-order valence-corrected chi connectivity index (χ3v) is 7.15. The van der Waals surface area contributed by atoms with Crippen molar-refractivity contribution in [2.45, 2.75) is 13.8 Å². The molecule has 0 saturated carbocycles. The van der Waals surface area contributed by atoms with E-state index in [1.54, 1.807) is 7.11 Å². The molecule has 0 aliphatic carbocycles. The number of methoxy groups -OCH3 is 1. The van der Waals surface area contributed by atoms with Crippen molar-refractivity contribution in [2.24, 2.45) is 0 Å². The Balaban J connectivity index is 1.39. The van der Waals surface area contributed by atoms with Crippen LogP contribution in [0.25, 0.3) is 28.2 Å². The van der Waals surface area contributed by atoms with Crippen molar-refractivity contribution in [3.05, 3.63) is 96.1 Å². The first kappa shape index (κ1) is 23.1. The maximum absolute atomic E-state index is 5.45. The second-order valence-electron chi connectivity index (χ2n) is 9.66. The Labute approximate surface area is 217 Å². The largest absolute Gasteiger partial charge is 0.497 e. The van der Waals surface area contributed by atoms with E-state index >= 15 is 0 Å². The third-order valence-electron chi connectivity index (χ3n) is 7.15. The fraction of sp³-hybridized carbons (Fsp3) is 0.226. The van der Waals surface area contributed by atoms with Crippen LogP contribution in [0.15, 0.2) is 84.9 Å². The Kier molecular flexibility index (Phi) is 6.01. The molecule has 1 fully saturated rings. The standard InChI is InChI=1S/C31H31N5O/c1-22-12-13-23(2)29(18-22)34-14-16-35(17-15-34)31-21-27(24-8-5-4-6-9-24)32-30-20-28(33-36(30)31)25-10-7-11-26(19-25)37-3/h4-13,18-21H,14-17H2,1-3H3. The van der Waals surface area contributed by atoms with Crippen molar-refractivity contribution in [2.75, 3.05) is 43.1 Å². The lowest BCUT2D eigenvalue weighted by Gasteiger charge is -2.38. The van der Waals surface area contributed by atoms with Crippen LogP contribution in [0.3, 0.4) is 0 Å². The van der Waals surface area contributed by atoms with Gasteiger partial charge in [0.1, 0.15) is 11.6 Å². The van der Waals surface area contributed by atoms with Gasteiger partial charge >= 0.3 is 0 Å². The van der Waals surface area contributed by atoms with E-state index in [1.165, 1.54) is 16.8 Å². The molecule has 0 atom stereocenters. The van der Waals surface area contributed by atoms with Crippen LogP contribution < -0.4 is 14.5 Å². The summed E-state index contributed by atoms with van der Waals surface area (Å²) in [6.07, 6.45) is 0. The van der Waals surface area contributed by atoms with Gasteiger partial charge in [0.25, 0.3) is 0 Å². The van der Waals surface area contributed by atoms with Crippen LogP contribution in [-0.4, -0.2) is 47.9 Å². The number of hydrogen-bond acceptors (Lipinski definition) is 5. The van der Waals surface area contributed by atoms with Gasteiger partial charge in [-0.25, -0.2) is 4.98 Å². The normalized spacial score (nSPS) is 13.8. The number of rotatable bonds is 5. The predicted molar refractivity (Wildman–Crippen MR) is 151 cm³/mol. The van der Waals surface area contributed by atoms with Crippen molar-refractivity contribution in [1.82, 2.24) is 14.6 Å². The van der Waals surface area contributed by atoms with Gasteiger partial charge in [-0.05, 0) is 43.2 Å². The summed E-state index contributed by atoms with van der Waals surface area (Å²) in [5, 5.41) is 5.01. The minimum absolute atomic E-state index is 0.815. The van der Waals surface area contributed by atoms with Crippen molar-refractivity contribution in [3.8, 4) is 28.3 Å². The lowest BCUT2D eigenvalue weighted by Crippen LogP contribution is -2.47. The monoisotopic (exact) mass is 489 g/mol. The van der Waals surface area contributed by atoms with Gasteiger partial charge in [-0.1, -0.05) is 54.6 Å². The molecule has 6 heteroatoms. The van der Waals surface area contributed by atoms with Crippen molar-refractivity contribution in [3.63, 3.8) is 0 Å². The summed E-state index contributed by atoms with van der Waals surface area (Å²) in [4.78, 5) is 9.94. The molecule has 37 heavy (non-hydrogen) atoms. The number of nitrogens with zero attached hydrogens (tertiary/aromatic N) is 5. The summed E-state index contributed by atoms with van der Waals surface area (Å²) in [5.74, 6) is 1.88. The van der Waals surface area contributed by atoms with Crippen LogP contribution in [0.5, 0.6) is 5.75 Å². The second kappa shape index (κ2) is 9.62. The lowest BCUT2D eigenvalue weighted by molar-refractivity contribution is 0.415. The average Bonchev–Trinajstić information content (AvgIpc) is 3.39. The minimum atomic E-state index is 0.815. The molecule has 1 aliphatic rings. The summed E-state index contributed by atoms with van der Waals surface area (Å²) in [5.41, 5.74) is 8.75. The van der Waals surface area contributed by atoms with Gasteiger partial charge in [-0.2, -0.15) is 9.61 Å². The molecule has 6 rings (SSSR count). The fourth-order valence-electron chi connectivity index (χ4n) is 5.10. The molecule has 1 saturated heterocycles. The Hall–Kier alpha value is -4.32. The van der Waals surface area contributed by atoms with E-state index in [9.17, 15) is 0 Å². The lowest BCUT2D eigenvalue weighted by atomic mass is 10.1. The molecule has 1 aliphatic heterocycles. The molecular formula is C31H31N5O. The molecule has 2 aromatic heterocycles. The SMILES string of the molecule is COc1cccc(-c2cc3nc(-c4ccccc4)cc(N4CCN(c5cc(C)ccc5C)CC4)n3n2)c1. The molecule has 5 aromatic rings. The van der Waals surface area contributed by atoms with E-state index in [4.69, 9.17) is 14.8 Å². The van der Waals surface area contributed by atoms with Crippen LogP contribution >= 0.6 is 0 Å². The molecule has 6 nitrogen and oxygen atoms in total. The van der Waals surface area contributed by atoms with Crippen LogP contribution in [0.4, 0.5) is 11.5 Å². The van der Waals surface area contributed by atoms with E-state index in [-0.39, 0.29) is 0 Å². The Morgan fingerprint density at radius 1 is 0.703 bits per heavy atom. The maximum Gasteiger partial charge on any atom is 0.158 e. The van der Waals surface area contributed by atoms with E-state index < -0.39 is 0 Å². The number of aromatic nitrogens is 3.